The molecule has 3 N–H and O–H groups in total. The predicted molar refractivity (Wildman–Crippen MR) is 178 cm³/mol. The number of methoxy groups -OCH3 is 3. The molecule has 0 heterocycles. The van der Waals surface area contributed by atoms with E-state index in [9.17, 15) is 14.4 Å². The lowest BCUT2D eigenvalue weighted by molar-refractivity contribution is -0.115. The standard InChI is InChI=1S/C35H35N3O6S/c1-22-14-16-26(17-15-22)36-33(39)23(2)45-28-13-9-12-27(20-28)37-35(41)29(38-34(40)24-10-7-6-8-11-24)18-25-19-31(43-4)32(44-5)21-30(25)42-3/h6-21,23H,1-5H3,(H,36,39)(H,37,41)(H,38,40)/b29-18+. The van der Waals surface area contributed by atoms with Crippen LogP contribution in [-0.4, -0.2) is 44.3 Å². The first-order valence-electron chi connectivity index (χ1n) is 14.0. The molecule has 0 saturated carbocycles. The topological polar surface area (TPSA) is 115 Å². The minimum Gasteiger partial charge on any atom is -0.496 e. The van der Waals surface area contributed by atoms with Crippen LogP contribution >= 0.6 is 11.8 Å². The Bertz CT molecular complexity index is 1690. The van der Waals surface area contributed by atoms with E-state index in [0.29, 0.717) is 34.1 Å². The van der Waals surface area contributed by atoms with Crippen molar-refractivity contribution in [1.29, 1.82) is 0 Å². The van der Waals surface area contributed by atoms with Gasteiger partial charge in [0.2, 0.25) is 5.91 Å². The van der Waals surface area contributed by atoms with Crippen molar-refractivity contribution in [2.45, 2.75) is 24.0 Å². The first-order valence-corrected chi connectivity index (χ1v) is 14.9. The molecule has 9 nitrogen and oxygen atoms in total. The fourth-order valence-electron chi connectivity index (χ4n) is 4.25. The fraction of sp³-hybridized carbons (Fsp3) is 0.171. The lowest BCUT2D eigenvalue weighted by Gasteiger charge is -2.15. The number of aryl methyl sites for hydroxylation is 1. The number of carbonyl (C=O) groups is 3. The van der Waals surface area contributed by atoms with E-state index in [4.69, 9.17) is 14.2 Å². The Kier molecular flexibility index (Phi) is 11.3. The zero-order valence-electron chi connectivity index (χ0n) is 25.7. The number of hydrogen-bond donors (Lipinski definition) is 3. The fourth-order valence-corrected chi connectivity index (χ4v) is 5.17. The molecule has 0 bridgehead atoms. The predicted octanol–water partition coefficient (Wildman–Crippen LogP) is 6.55. The molecule has 0 aromatic heterocycles. The second kappa shape index (κ2) is 15.5. The molecule has 0 radical (unpaired) electrons. The number of benzene rings is 4. The van der Waals surface area contributed by atoms with E-state index in [0.717, 1.165) is 16.1 Å². The second-order valence-electron chi connectivity index (χ2n) is 9.92. The molecule has 10 heteroatoms. The third-order valence-electron chi connectivity index (χ3n) is 6.66. The number of amides is 3. The van der Waals surface area contributed by atoms with Gasteiger partial charge in [-0.25, -0.2) is 0 Å². The van der Waals surface area contributed by atoms with Crippen LogP contribution in [0, 0.1) is 6.92 Å². The lowest BCUT2D eigenvalue weighted by Crippen LogP contribution is -2.30. The van der Waals surface area contributed by atoms with Crippen LogP contribution in [-0.2, 0) is 9.59 Å². The van der Waals surface area contributed by atoms with E-state index in [1.807, 2.05) is 44.2 Å². The van der Waals surface area contributed by atoms with E-state index in [-0.39, 0.29) is 11.6 Å². The summed E-state index contributed by atoms with van der Waals surface area (Å²) in [6.07, 6.45) is 1.51. The third-order valence-corrected chi connectivity index (χ3v) is 7.75. The van der Waals surface area contributed by atoms with Crippen LogP contribution < -0.4 is 30.2 Å². The first kappa shape index (κ1) is 32.7. The van der Waals surface area contributed by atoms with E-state index in [1.54, 1.807) is 60.7 Å². The van der Waals surface area contributed by atoms with Gasteiger partial charge in [0.15, 0.2) is 11.5 Å². The minimum atomic E-state index is -0.566. The summed E-state index contributed by atoms with van der Waals surface area (Å²) in [5, 5.41) is 8.11. The highest BCUT2D eigenvalue weighted by atomic mass is 32.2. The van der Waals surface area contributed by atoms with E-state index >= 15 is 0 Å². The zero-order valence-corrected chi connectivity index (χ0v) is 26.5. The average Bonchev–Trinajstić information content (AvgIpc) is 3.05. The maximum atomic E-state index is 13.7. The number of hydrogen-bond acceptors (Lipinski definition) is 7. The van der Waals surface area contributed by atoms with Gasteiger partial charge in [-0.3, -0.25) is 14.4 Å². The lowest BCUT2D eigenvalue weighted by atomic mass is 10.1. The molecule has 0 aliphatic rings. The molecule has 45 heavy (non-hydrogen) atoms. The van der Waals surface area contributed by atoms with Crippen molar-refractivity contribution in [2.24, 2.45) is 0 Å². The van der Waals surface area contributed by atoms with Crippen molar-refractivity contribution in [3.63, 3.8) is 0 Å². The van der Waals surface area contributed by atoms with Gasteiger partial charge in [0, 0.05) is 33.5 Å². The molecule has 0 aliphatic heterocycles. The van der Waals surface area contributed by atoms with E-state index in [2.05, 4.69) is 16.0 Å². The van der Waals surface area contributed by atoms with Gasteiger partial charge in [-0.05, 0) is 68.5 Å². The normalized spacial score (nSPS) is 11.6. The summed E-state index contributed by atoms with van der Waals surface area (Å²) >= 11 is 1.36. The molecule has 3 amide bonds. The molecule has 232 valence electrons. The van der Waals surface area contributed by atoms with E-state index in [1.165, 1.54) is 39.2 Å². The van der Waals surface area contributed by atoms with Crippen molar-refractivity contribution in [2.75, 3.05) is 32.0 Å². The van der Waals surface area contributed by atoms with Crippen LogP contribution in [0.2, 0.25) is 0 Å². The van der Waals surface area contributed by atoms with Crippen molar-refractivity contribution >= 4 is 46.9 Å². The number of carbonyl (C=O) groups excluding carboxylic acids is 3. The summed E-state index contributed by atoms with van der Waals surface area (Å²) in [4.78, 5) is 40.4. The van der Waals surface area contributed by atoms with Crippen molar-refractivity contribution < 1.29 is 28.6 Å². The number of rotatable bonds is 12. The summed E-state index contributed by atoms with van der Waals surface area (Å²) < 4.78 is 16.3. The molecule has 0 aliphatic carbocycles. The summed E-state index contributed by atoms with van der Waals surface area (Å²) in [6, 6.07) is 26.6. The van der Waals surface area contributed by atoms with Crippen LogP contribution in [0.15, 0.2) is 102 Å². The molecule has 4 aromatic rings. The molecule has 1 unspecified atom stereocenters. The second-order valence-corrected chi connectivity index (χ2v) is 11.3. The summed E-state index contributed by atoms with van der Waals surface area (Å²) in [5.41, 5.74) is 3.14. The van der Waals surface area contributed by atoms with Crippen LogP contribution in [0.4, 0.5) is 11.4 Å². The summed E-state index contributed by atoms with van der Waals surface area (Å²) in [7, 11) is 4.50. The third kappa shape index (κ3) is 8.90. The van der Waals surface area contributed by atoms with Crippen LogP contribution in [0.1, 0.15) is 28.4 Å². The van der Waals surface area contributed by atoms with Gasteiger partial charge in [0.25, 0.3) is 11.8 Å². The first-order chi connectivity index (χ1) is 21.7. The molecule has 0 saturated heterocycles. The summed E-state index contributed by atoms with van der Waals surface area (Å²) in [6.45, 7) is 3.80. The van der Waals surface area contributed by atoms with Gasteiger partial charge < -0.3 is 30.2 Å². The highest BCUT2D eigenvalue weighted by Gasteiger charge is 2.19. The Morgan fingerprint density at radius 3 is 2.07 bits per heavy atom. The monoisotopic (exact) mass is 625 g/mol. The van der Waals surface area contributed by atoms with Crippen LogP contribution in [0.3, 0.4) is 0 Å². The Morgan fingerprint density at radius 2 is 1.40 bits per heavy atom. The largest absolute Gasteiger partial charge is 0.496 e. The maximum absolute atomic E-state index is 13.7. The Morgan fingerprint density at radius 1 is 0.733 bits per heavy atom. The Labute approximate surface area is 267 Å². The quantitative estimate of drug-likeness (QED) is 0.121. The number of anilines is 2. The number of ether oxygens (including phenoxy) is 3. The minimum absolute atomic E-state index is 0.0294. The van der Waals surface area contributed by atoms with E-state index < -0.39 is 17.1 Å². The summed E-state index contributed by atoms with van der Waals surface area (Å²) in [5.74, 6) is 0.0997. The number of thioether (sulfide) groups is 1. The van der Waals surface area contributed by atoms with Gasteiger partial charge in [-0.1, -0.05) is 42.0 Å². The van der Waals surface area contributed by atoms with Crippen molar-refractivity contribution in [3.05, 3.63) is 113 Å². The van der Waals surface area contributed by atoms with Crippen LogP contribution in [0.5, 0.6) is 17.2 Å². The zero-order chi connectivity index (χ0) is 32.3. The average molecular weight is 626 g/mol. The van der Waals surface area contributed by atoms with Crippen molar-refractivity contribution in [3.8, 4) is 17.2 Å². The SMILES string of the molecule is COc1cc(OC)c(OC)cc1/C=C(/NC(=O)c1ccccc1)C(=O)Nc1cccc(SC(C)C(=O)Nc2ccc(C)cc2)c1. The maximum Gasteiger partial charge on any atom is 0.272 e. The molecule has 1 atom stereocenters. The smallest absolute Gasteiger partial charge is 0.272 e. The molecule has 0 fully saturated rings. The van der Waals surface area contributed by atoms with Gasteiger partial charge in [-0.2, -0.15) is 0 Å². The van der Waals surface area contributed by atoms with Gasteiger partial charge in [0.05, 0.1) is 26.6 Å². The van der Waals surface area contributed by atoms with Gasteiger partial charge in [0.1, 0.15) is 11.4 Å². The Hall–Kier alpha value is -5.22. The van der Waals surface area contributed by atoms with Gasteiger partial charge in [-0.15, -0.1) is 11.8 Å². The highest BCUT2D eigenvalue weighted by Crippen LogP contribution is 2.36. The Balaban J connectivity index is 1.57. The van der Waals surface area contributed by atoms with Gasteiger partial charge >= 0.3 is 0 Å². The molecule has 4 rings (SSSR count). The van der Waals surface area contributed by atoms with Crippen LogP contribution in [0.25, 0.3) is 6.08 Å². The molecular formula is C35H35N3O6S. The molecular weight excluding hydrogens is 590 g/mol. The highest BCUT2D eigenvalue weighted by molar-refractivity contribution is 8.00. The molecule has 0 spiro atoms. The molecule has 4 aromatic carbocycles. The number of nitrogens with one attached hydrogen (secondary N) is 3. The van der Waals surface area contributed by atoms with Crippen molar-refractivity contribution in [1.82, 2.24) is 5.32 Å².